The predicted molar refractivity (Wildman–Crippen MR) is 68.1 cm³/mol. The number of rotatable bonds is 2. The quantitative estimate of drug-likeness (QED) is 0.821. The molecule has 2 rings (SSSR count). The highest BCUT2D eigenvalue weighted by Crippen LogP contribution is 2.33. The molecule has 1 amide bonds. The van der Waals surface area contributed by atoms with Crippen molar-refractivity contribution in [1.29, 1.82) is 0 Å². The van der Waals surface area contributed by atoms with Gasteiger partial charge in [-0.2, -0.15) is 0 Å². The molecule has 1 saturated carbocycles. The molecular weight excluding hydrogens is 230 g/mol. The number of carbonyl (C=O) groups excluding carboxylic acids is 1. The SMILES string of the molecule is C[C@H]1CCCCN1C(=O)[C@@H]1CCCC[C@@H]1C(=O)O. The summed E-state index contributed by atoms with van der Waals surface area (Å²) in [6.07, 6.45) is 6.63. The van der Waals surface area contributed by atoms with Gasteiger partial charge in [0.2, 0.25) is 5.91 Å². The van der Waals surface area contributed by atoms with Crippen molar-refractivity contribution in [2.24, 2.45) is 11.8 Å². The molecule has 0 aromatic carbocycles. The summed E-state index contributed by atoms with van der Waals surface area (Å²) in [5.74, 6) is -1.44. The molecule has 0 aromatic heterocycles. The van der Waals surface area contributed by atoms with Crippen LogP contribution in [0.3, 0.4) is 0 Å². The van der Waals surface area contributed by atoms with Crippen LogP contribution in [0.4, 0.5) is 0 Å². The summed E-state index contributed by atoms with van der Waals surface area (Å²) in [6.45, 7) is 2.89. The standard InChI is InChI=1S/C14H23NO3/c1-10-6-4-5-9-15(10)13(16)11-7-2-3-8-12(11)14(17)18/h10-12H,2-9H2,1H3,(H,17,18)/t10-,11+,12-/m0/s1. The summed E-state index contributed by atoms with van der Waals surface area (Å²) in [6, 6.07) is 0.280. The minimum Gasteiger partial charge on any atom is -0.481 e. The van der Waals surface area contributed by atoms with E-state index in [1.807, 2.05) is 4.90 Å². The van der Waals surface area contributed by atoms with Crippen LogP contribution in [0.15, 0.2) is 0 Å². The van der Waals surface area contributed by atoms with Gasteiger partial charge in [0.15, 0.2) is 0 Å². The number of carboxylic acid groups (broad SMARTS) is 1. The summed E-state index contributed by atoms with van der Waals surface area (Å²) in [4.78, 5) is 25.7. The van der Waals surface area contributed by atoms with Crippen LogP contribution in [-0.2, 0) is 9.59 Å². The molecule has 18 heavy (non-hydrogen) atoms. The van der Waals surface area contributed by atoms with Crippen LogP contribution in [0.25, 0.3) is 0 Å². The smallest absolute Gasteiger partial charge is 0.307 e. The van der Waals surface area contributed by atoms with E-state index in [1.165, 1.54) is 6.42 Å². The van der Waals surface area contributed by atoms with Gasteiger partial charge < -0.3 is 10.0 Å². The van der Waals surface area contributed by atoms with Gasteiger partial charge in [-0.25, -0.2) is 0 Å². The fourth-order valence-electron chi connectivity index (χ4n) is 3.36. The lowest BCUT2D eigenvalue weighted by Gasteiger charge is -2.38. The Labute approximate surface area is 108 Å². The van der Waals surface area contributed by atoms with E-state index >= 15 is 0 Å². The monoisotopic (exact) mass is 253 g/mol. The number of piperidine rings is 1. The van der Waals surface area contributed by atoms with E-state index in [0.29, 0.717) is 6.42 Å². The van der Waals surface area contributed by atoms with Crippen molar-refractivity contribution in [3.63, 3.8) is 0 Å². The highest BCUT2D eigenvalue weighted by Gasteiger charge is 2.39. The van der Waals surface area contributed by atoms with E-state index in [-0.39, 0.29) is 17.9 Å². The van der Waals surface area contributed by atoms with Crippen molar-refractivity contribution in [2.75, 3.05) is 6.54 Å². The molecule has 1 heterocycles. The maximum atomic E-state index is 12.5. The number of hydrogen-bond donors (Lipinski definition) is 1. The van der Waals surface area contributed by atoms with Crippen molar-refractivity contribution in [1.82, 2.24) is 4.90 Å². The predicted octanol–water partition coefficient (Wildman–Crippen LogP) is 2.28. The van der Waals surface area contributed by atoms with Crippen LogP contribution >= 0.6 is 0 Å². The number of aliphatic carboxylic acids is 1. The van der Waals surface area contributed by atoms with Crippen LogP contribution in [0.5, 0.6) is 0 Å². The van der Waals surface area contributed by atoms with Crippen LogP contribution in [0.1, 0.15) is 51.9 Å². The molecule has 1 N–H and O–H groups in total. The van der Waals surface area contributed by atoms with Gasteiger partial charge in [-0.05, 0) is 39.0 Å². The molecule has 4 nitrogen and oxygen atoms in total. The first-order valence-corrected chi connectivity index (χ1v) is 7.14. The van der Waals surface area contributed by atoms with Crippen molar-refractivity contribution < 1.29 is 14.7 Å². The van der Waals surface area contributed by atoms with Crippen LogP contribution in [0.2, 0.25) is 0 Å². The first-order valence-electron chi connectivity index (χ1n) is 7.14. The Morgan fingerprint density at radius 1 is 1.00 bits per heavy atom. The van der Waals surface area contributed by atoms with E-state index in [2.05, 4.69) is 6.92 Å². The third kappa shape index (κ3) is 2.68. The average Bonchev–Trinajstić information content (AvgIpc) is 2.38. The number of likely N-dealkylation sites (tertiary alicyclic amines) is 1. The molecule has 4 heteroatoms. The van der Waals surface area contributed by atoms with E-state index in [4.69, 9.17) is 0 Å². The second-order valence-corrected chi connectivity index (χ2v) is 5.71. The first kappa shape index (κ1) is 13.4. The lowest BCUT2D eigenvalue weighted by Crippen LogP contribution is -2.48. The van der Waals surface area contributed by atoms with Gasteiger partial charge in [0, 0.05) is 12.6 Å². The minimum absolute atomic E-state index is 0.0919. The number of carboxylic acids is 1. The molecule has 1 aliphatic carbocycles. The molecule has 0 radical (unpaired) electrons. The van der Waals surface area contributed by atoms with Crippen LogP contribution in [0, 0.1) is 11.8 Å². The Bertz CT molecular complexity index is 329. The molecule has 1 aliphatic heterocycles. The zero-order valence-corrected chi connectivity index (χ0v) is 11.1. The molecule has 0 bridgehead atoms. The molecule has 2 fully saturated rings. The number of hydrogen-bond acceptors (Lipinski definition) is 2. The Morgan fingerprint density at radius 2 is 1.61 bits per heavy atom. The molecule has 0 unspecified atom stereocenters. The van der Waals surface area contributed by atoms with Gasteiger partial charge in [-0.3, -0.25) is 9.59 Å². The number of carbonyl (C=O) groups is 2. The van der Waals surface area contributed by atoms with Gasteiger partial charge in [-0.1, -0.05) is 12.8 Å². The van der Waals surface area contributed by atoms with Crippen molar-refractivity contribution in [3.05, 3.63) is 0 Å². The fourth-order valence-corrected chi connectivity index (χ4v) is 3.36. The van der Waals surface area contributed by atoms with Gasteiger partial charge >= 0.3 is 5.97 Å². The topological polar surface area (TPSA) is 57.6 Å². The number of nitrogens with zero attached hydrogens (tertiary/aromatic N) is 1. The summed E-state index contributed by atoms with van der Waals surface area (Å²) in [7, 11) is 0. The largest absolute Gasteiger partial charge is 0.481 e. The molecule has 102 valence electrons. The second-order valence-electron chi connectivity index (χ2n) is 5.71. The van der Waals surface area contributed by atoms with Crippen molar-refractivity contribution in [3.8, 4) is 0 Å². The Morgan fingerprint density at radius 3 is 2.22 bits per heavy atom. The van der Waals surface area contributed by atoms with E-state index in [9.17, 15) is 14.7 Å². The lowest BCUT2D eigenvalue weighted by atomic mass is 9.78. The van der Waals surface area contributed by atoms with Crippen LogP contribution in [-0.4, -0.2) is 34.5 Å². The van der Waals surface area contributed by atoms with E-state index < -0.39 is 11.9 Å². The maximum absolute atomic E-state index is 12.5. The number of amides is 1. The zero-order chi connectivity index (χ0) is 13.1. The van der Waals surface area contributed by atoms with Gasteiger partial charge in [0.1, 0.15) is 0 Å². The van der Waals surface area contributed by atoms with E-state index in [1.54, 1.807) is 0 Å². The maximum Gasteiger partial charge on any atom is 0.307 e. The molecule has 0 spiro atoms. The summed E-state index contributed by atoms with van der Waals surface area (Å²) < 4.78 is 0. The average molecular weight is 253 g/mol. The highest BCUT2D eigenvalue weighted by molar-refractivity contribution is 5.85. The minimum atomic E-state index is -0.794. The highest BCUT2D eigenvalue weighted by atomic mass is 16.4. The Hall–Kier alpha value is -1.06. The Kier molecular flexibility index (Phi) is 4.25. The molecular formula is C14H23NO3. The van der Waals surface area contributed by atoms with E-state index in [0.717, 1.165) is 38.6 Å². The molecule has 1 saturated heterocycles. The summed E-state index contributed by atoms with van der Waals surface area (Å²) >= 11 is 0. The first-order chi connectivity index (χ1) is 8.61. The lowest BCUT2D eigenvalue weighted by molar-refractivity contribution is -0.153. The third-order valence-electron chi connectivity index (χ3n) is 4.49. The van der Waals surface area contributed by atoms with Gasteiger partial charge in [0.25, 0.3) is 0 Å². The summed E-state index contributed by atoms with van der Waals surface area (Å²) in [5.41, 5.74) is 0. The fraction of sp³-hybridized carbons (Fsp3) is 0.857. The molecule has 3 atom stereocenters. The van der Waals surface area contributed by atoms with Crippen molar-refractivity contribution in [2.45, 2.75) is 57.9 Å². The van der Waals surface area contributed by atoms with Gasteiger partial charge in [-0.15, -0.1) is 0 Å². The summed E-state index contributed by atoms with van der Waals surface area (Å²) in [5, 5.41) is 9.25. The second kappa shape index (κ2) is 5.72. The van der Waals surface area contributed by atoms with Crippen molar-refractivity contribution >= 4 is 11.9 Å². The zero-order valence-electron chi connectivity index (χ0n) is 11.1. The van der Waals surface area contributed by atoms with Crippen LogP contribution < -0.4 is 0 Å². The third-order valence-corrected chi connectivity index (χ3v) is 4.49. The van der Waals surface area contributed by atoms with Gasteiger partial charge in [0.05, 0.1) is 11.8 Å². The molecule has 2 aliphatic rings. The Balaban J connectivity index is 2.07. The normalized spacial score (nSPS) is 33.2. The molecule has 0 aromatic rings.